The highest BCUT2D eigenvalue weighted by Gasteiger charge is 2.31. The Morgan fingerprint density at radius 2 is 2.03 bits per heavy atom. The zero-order valence-corrected chi connectivity index (χ0v) is 15.6. The van der Waals surface area contributed by atoms with Crippen molar-refractivity contribution in [3.8, 4) is 11.4 Å². The van der Waals surface area contributed by atoms with Gasteiger partial charge in [-0.3, -0.25) is 14.8 Å². The van der Waals surface area contributed by atoms with Gasteiger partial charge in [0.15, 0.2) is 5.82 Å². The molecule has 2 heterocycles. The lowest BCUT2D eigenvalue weighted by molar-refractivity contribution is -0.137. The monoisotopic (exact) mass is 420 g/mol. The molecule has 156 valence electrons. The highest BCUT2D eigenvalue weighted by molar-refractivity contribution is 5.90. The molecule has 7 nitrogen and oxygen atoms in total. The lowest BCUT2D eigenvalue weighted by Gasteiger charge is -2.10. The molecule has 0 bridgehead atoms. The number of alkyl halides is 4. The molecule has 0 aliphatic heterocycles. The van der Waals surface area contributed by atoms with Crippen LogP contribution >= 0.6 is 0 Å². The van der Waals surface area contributed by atoms with E-state index < -0.39 is 24.3 Å². The molecule has 3 aromatic rings. The third kappa shape index (κ3) is 5.25. The fourth-order valence-corrected chi connectivity index (χ4v) is 2.55. The Bertz CT molecular complexity index is 1050. The van der Waals surface area contributed by atoms with E-state index in [2.05, 4.69) is 25.4 Å². The molecule has 1 aromatic carbocycles. The first-order chi connectivity index (χ1) is 14.3. The van der Waals surface area contributed by atoms with Crippen LogP contribution in [0.5, 0.6) is 0 Å². The van der Waals surface area contributed by atoms with Crippen molar-refractivity contribution in [2.75, 3.05) is 0 Å². The third-order valence-electron chi connectivity index (χ3n) is 4.01. The number of benzene rings is 1. The third-order valence-corrected chi connectivity index (χ3v) is 4.01. The zero-order valence-electron chi connectivity index (χ0n) is 15.6. The van der Waals surface area contributed by atoms with Gasteiger partial charge in [0.05, 0.1) is 23.5 Å². The predicted octanol–water partition coefficient (Wildman–Crippen LogP) is 3.57. The largest absolute Gasteiger partial charge is 0.416 e. The van der Waals surface area contributed by atoms with Crippen molar-refractivity contribution >= 4 is 12.1 Å². The maximum Gasteiger partial charge on any atom is 0.416 e. The number of hydrogen-bond donors (Lipinski definition) is 1. The van der Waals surface area contributed by atoms with Gasteiger partial charge in [-0.25, -0.2) is 14.1 Å². The van der Waals surface area contributed by atoms with Crippen LogP contribution in [0.3, 0.4) is 0 Å². The maximum atomic E-state index is 13.0. The van der Waals surface area contributed by atoms with Crippen LogP contribution in [-0.4, -0.2) is 30.6 Å². The first-order valence-corrected chi connectivity index (χ1v) is 8.69. The van der Waals surface area contributed by atoms with Crippen LogP contribution in [0, 0.1) is 0 Å². The number of nitrogens with zero attached hydrogens (tertiary/aromatic N) is 5. The van der Waals surface area contributed by atoms with Crippen molar-refractivity contribution in [1.29, 1.82) is 0 Å². The molecule has 1 N–H and O–H groups in total. The maximum absolute atomic E-state index is 13.0. The van der Waals surface area contributed by atoms with E-state index in [0.29, 0.717) is 5.69 Å². The summed E-state index contributed by atoms with van der Waals surface area (Å²) in [6.07, 6.45) is 3.62. The molecule has 30 heavy (non-hydrogen) atoms. The van der Waals surface area contributed by atoms with Crippen molar-refractivity contribution in [3.05, 3.63) is 66.0 Å². The van der Waals surface area contributed by atoms with Gasteiger partial charge < -0.3 is 5.32 Å². The van der Waals surface area contributed by atoms with E-state index in [-0.39, 0.29) is 23.0 Å². The van der Waals surface area contributed by atoms with E-state index in [0.717, 1.165) is 16.8 Å². The highest BCUT2D eigenvalue weighted by atomic mass is 19.4. The lowest BCUT2D eigenvalue weighted by atomic mass is 10.1. The molecule has 1 atom stereocenters. The van der Waals surface area contributed by atoms with E-state index >= 15 is 0 Å². The Morgan fingerprint density at radius 1 is 1.23 bits per heavy atom. The summed E-state index contributed by atoms with van der Waals surface area (Å²) in [5.74, 6) is -0.474. The molecule has 3 rings (SSSR count). The Labute approximate surface area is 168 Å². The van der Waals surface area contributed by atoms with E-state index in [4.69, 9.17) is 0 Å². The minimum atomic E-state index is -4.62. The molecule has 11 heteroatoms. The highest BCUT2D eigenvalue weighted by Crippen LogP contribution is 2.33. The van der Waals surface area contributed by atoms with E-state index in [9.17, 15) is 22.4 Å². The Kier molecular flexibility index (Phi) is 6.19. The summed E-state index contributed by atoms with van der Waals surface area (Å²) in [5, 5.41) is 6.70. The number of rotatable bonds is 6. The fourth-order valence-electron chi connectivity index (χ4n) is 2.55. The molecular weight excluding hydrogens is 404 g/mol. The Hall–Kier alpha value is -3.63. The second kappa shape index (κ2) is 8.80. The van der Waals surface area contributed by atoms with Crippen molar-refractivity contribution in [3.63, 3.8) is 0 Å². The summed E-state index contributed by atoms with van der Waals surface area (Å²) in [5.41, 5.74) is -0.526. The number of aromatic nitrogens is 5. The summed E-state index contributed by atoms with van der Waals surface area (Å²) in [7, 11) is 0. The number of amides is 1. The molecule has 0 saturated heterocycles. The molecule has 2 aromatic heterocycles. The smallest absolute Gasteiger partial charge is 0.344 e. The summed E-state index contributed by atoms with van der Waals surface area (Å²) < 4.78 is 53.1. The van der Waals surface area contributed by atoms with Gasteiger partial charge in [0.2, 0.25) is 5.91 Å². The molecule has 0 saturated carbocycles. The van der Waals surface area contributed by atoms with Gasteiger partial charge in [-0.2, -0.15) is 13.2 Å². The Balaban J connectivity index is 1.73. The number of carbonyl (C=O) groups excluding carboxylic acids is 1. The van der Waals surface area contributed by atoms with Crippen LogP contribution in [0.25, 0.3) is 17.6 Å². The molecule has 1 unspecified atom stereocenters. The summed E-state index contributed by atoms with van der Waals surface area (Å²) >= 11 is 0. The molecule has 1 amide bonds. The molecule has 0 aliphatic rings. The normalized spacial score (nSPS) is 12.8. The van der Waals surface area contributed by atoms with Crippen molar-refractivity contribution < 1.29 is 22.4 Å². The second-order valence-electron chi connectivity index (χ2n) is 6.27. The average molecular weight is 420 g/mol. The SMILES string of the molecule is CC(NC(=O)/C=C\n1cnc(-c2cc(CF)cc(C(F)(F)F)c2)n1)c1cnccn1. The minimum Gasteiger partial charge on any atom is -0.344 e. The predicted molar refractivity (Wildman–Crippen MR) is 99.2 cm³/mol. The van der Waals surface area contributed by atoms with Gasteiger partial charge in [0.25, 0.3) is 0 Å². The number of hydrogen-bond acceptors (Lipinski definition) is 5. The number of nitrogens with one attached hydrogen (secondary N) is 1. The van der Waals surface area contributed by atoms with Crippen molar-refractivity contribution in [2.24, 2.45) is 0 Å². The van der Waals surface area contributed by atoms with Crippen LogP contribution in [0.1, 0.15) is 29.8 Å². The van der Waals surface area contributed by atoms with Gasteiger partial charge >= 0.3 is 6.18 Å². The molecular formula is C19H16F4N6O. The molecule has 0 aliphatic carbocycles. The van der Waals surface area contributed by atoms with Gasteiger partial charge in [0.1, 0.15) is 13.0 Å². The topological polar surface area (TPSA) is 85.6 Å². The molecule has 0 radical (unpaired) electrons. The quantitative estimate of drug-likeness (QED) is 0.487. The van der Waals surface area contributed by atoms with E-state index in [1.807, 2.05) is 0 Å². The van der Waals surface area contributed by atoms with Crippen molar-refractivity contribution in [2.45, 2.75) is 25.8 Å². The van der Waals surface area contributed by atoms with Crippen LogP contribution in [-0.2, 0) is 17.6 Å². The van der Waals surface area contributed by atoms with Gasteiger partial charge in [-0.1, -0.05) is 0 Å². The average Bonchev–Trinajstić information content (AvgIpc) is 3.21. The van der Waals surface area contributed by atoms with Gasteiger partial charge in [-0.15, -0.1) is 5.10 Å². The summed E-state index contributed by atoms with van der Waals surface area (Å²) in [4.78, 5) is 24.0. The zero-order chi connectivity index (χ0) is 21.7. The molecule has 0 spiro atoms. The lowest BCUT2D eigenvalue weighted by Crippen LogP contribution is -2.25. The number of carbonyl (C=O) groups is 1. The standard InChI is InChI=1S/C19H16F4N6O/c1-12(16-10-24-3-4-25-16)27-17(30)2-5-29-11-26-18(28-29)14-6-13(9-20)7-15(8-14)19(21,22)23/h2-8,10-12H,9H2,1H3,(H,27,30)/b5-2-. The first kappa shape index (κ1) is 21.1. The van der Waals surface area contributed by atoms with Gasteiger partial charge in [0, 0.05) is 30.2 Å². The van der Waals surface area contributed by atoms with Crippen LogP contribution in [0.2, 0.25) is 0 Å². The summed E-state index contributed by atoms with van der Waals surface area (Å²) in [6.45, 7) is 0.682. The van der Waals surface area contributed by atoms with E-state index in [1.165, 1.54) is 43.3 Å². The first-order valence-electron chi connectivity index (χ1n) is 8.69. The van der Waals surface area contributed by atoms with Crippen LogP contribution in [0.4, 0.5) is 17.6 Å². The van der Waals surface area contributed by atoms with E-state index in [1.54, 1.807) is 6.92 Å². The molecule has 0 fully saturated rings. The second-order valence-corrected chi connectivity index (χ2v) is 6.27. The van der Waals surface area contributed by atoms with Crippen LogP contribution in [0.15, 0.2) is 49.2 Å². The Morgan fingerprint density at radius 3 is 2.70 bits per heavy atom. The van der Waals surface area contributed by atoms with Crippen molar-refractivity contribution in [1.82, 2.24) is 30.0 Å². The fraction of sp³-hybridized carbons (Fsp3) is 0.211. The summed E-state index contributed by atoms with van der Waals surface area (Å²) in [6, 6.07) is 2.45. The van der Waals surface area contributed by atoms with Gasteiger partial charge in [-0.05, 0) is 30.7 Å². The van der Waals surface area contributed by atoms with Crippen LogP contribution < -0.4 is 5.32 Å². The number of halogens is 4. The minimum absolute atomic E-state index is 0.0188.